The number of carbonyl (C=O) groups is 1. The molecule has 0 unspecified atom stereocenters. The van der Waals surface area contributed by atoms with Crippen LogP contribution in [-0.4, -0.2) is 29.1 Å². The van der Waals surface area contributed by atoms with Gasteiger partial charge in [-0.3, -0.25) is 4.79 Å². The van der Waals surface area contributed by atoms with Gasteiger partial charge in [0.15, 0.2) is 17.2 Å². The predicted molar refractivity (Wildman–Crippen MR) is 175 cm³/mol. The van der Waals surface area contributed by atoms with Crippen molar-refractivity contribution in [3.63, 3.8) is 0 Å². The van der Waals surface area contributed by atoms with Crippen molar-refractivity contribution in [1.82, 2.24) is 20.6 Å². The Bertz CT molecular complexity index is 1690. The molecule has 45 heavy (non-hydrogen) atoms. The second-order valence-corrected chi connectivity index (χ2v) is 9.71. The number of nitrogens with zero attached hydrogens (tertiary/aromatic N) is 4. The third-order valence-electron chi connectivity index (χ3n) is 6.50. The highest BCUT2D eigenvalue weighted by Crippen LogP contribution is 2.20. The summed E-state index contributed by atoms with van der Waals surface area (Å²) in [5.74, 6) is -0.581. The lowest BCUT2D eigenvalue weighted by molar-refractivity contribution is 0.0969. The lowest BCUT2D eigenvalue weighted by Gasteiger charge is -2.13. The summed E-state index contributed by atoms with van der Waals surface area (Å²) in [6, 6.07) is 13.3. The number of carbonyl (C=O) groups excluding carboxylic acids is 1. The molecule has 11 heteroatoms. The van der Waals surface area contributed by atoms with Crippen LogP contribution in [0.3, 0.4) is 0 Å². The Morgan fingerprint density at radius 2 is 1.98 bits per heavy atom. The number of aliphatic imine (C=N–C) groups is 1. The van der Waals surface area contributed by atoms with Crippen molar-refractivity contribution in [2.45, 2.75) is 39.9 Å². The number of nitrogens with two attached hydrogens (primary N) is 1. The largest absolute Gasteiger partial charge is 0.398 e. The average molecular weight is 611 g/mol. The van der Waals surface area contributed by atoms with Crippen LogP contribution >= 0.6 is 0 Å². The summed E-state index contributed by atoms with van der Waals surface area (Å²) in [6.45, 7) is 7.03. The number of aromatic nitrogens is 2. The van der Waals surface area contributed by atoms with Crippen molar-refractivity contribution in [1.29, 1.82) is 5.26 Å². The lowest BCUT2D eigenvalue weighted by Crippen LogP contribution is -2.25. The molecule has 0 saturated heterocycles. The molecule has 0 aliphatic rings. The van der Waals surface area contributed by atoms with Crippen LogP contribution < -0.4 is 21.7 Å². The summed E-state index contributed by atoms with van der Waals surface area (Å²) < 4.78 is 26.8. The van der Waals surface area contributed by atoms with E-state index in [0.717, 1.165) is 35.6 Å². The van der Waals surface area contributed by atoms with Crippen LogP contribution in [0.25, 0.3) is 11.8 Å². The minimum atomic E-state index is -1.00. The normalized spacial score (nSPS) is 12.1. The Kier molecular flexibility index (Phi) is 12.7. The maximum Gasteiger partial charge on any atom is 0.278 e. The van der Waals surface area contributed by atoms with Gasteiger partial charge in [0.25, 0.3) is 5.91 Å². The van der Waals surface area contributed by atoms with Gasteiger partial charge in [0, 0.05) is 42.3 Å². The monoisotopic (exact) mass is 610 g/mol. The van der Waals surface area contributed by atoms with E-state index in [9.17, 15) is 18.8 Å². The summed E-state index contributed by atoms with van der Waals surface area (Å²) in [6.07, 6.45) is 10.6. The van der Waals surface area contributed by atoms with Gasteiger partial charge in [0.05, 0.1) is 6.20 Å². The summed E-state index contributed by atoms with van der Waals surface area (Å²) in [5, 5.41) is 18.1. The molecule has 0 saturated carbocycles. The van der Waals surface area contributed by atoms with Crippen molar-refractivity contribution in [2.75, 3.05) is 12.4 Å². The Hall–Kier alpha value is -5.63. The van der Waals surface area contributed by atoms with Crippen LogP contribution in [0.2, 0.25) is 0 Å². The SMILES string of the molecule is C=C(NC(=O)c1nc(C#N)cnc1NCc1ccc(/C=C/C(C(/N)=C/CCC)=C(\N=C/C)NC)cc1)c1ccc(F)c(CF)c1. The zero-order valence-corrected chi connectivity index (χ0v) is 25.5. The highest BCUT2D eigenvalue weighted by molar-refractivity contribution is 6.01. The van der Waals surface area contributed by atoms with Crippen molar-refractivity contribution in [2.24, 2.45) is 10.7 Å². The van der Waals surface area contributed by atoms with Gasteiger partial charge in [0.1, 0.15) is 24.4 Å². The summed E-state index contributed by atoms with van der Waals surface area (Å²) in [7, 11) is 1.80. The molecule has 2 aromatic carbocycles. The van der Waals surface area contributed by atoms with E-state index in [1.807, 2.05) is 55.5 Å². The maximum absolute atomic E-state index is 13.7. The number of hydrogen-bond donors (Lipinski definition) is 4. The molecule has 3 aromatic rings. The van der Waals surface area contributed by atoms with Crippen LogP contribution in [0.15, 0.2) is 89.5 Å². The molecular weight excluding hydrogens is 574 g/mol. The van der Waals surface area contributed by atoms with Gasteiger partial charge in [0.2, 0.25) is 0 Å². The maximum atomic E-state index is 13.7. The quantitative estimate of drug-likeness (QED) is 0.127. The first-order valence-corrected chi connectivity index (χ1v) is 14.2. The van der Waals surface area contributed by atoms with Crippen molar-refractivity contribution in [3.05, 3.63) is 124 Å². The molecule has 0 fully saturated rings. The van der Waals surface area contributed by atoms with E-state index in [1.165, 1.54) is 18.3 Å². The standard InChI is InChI=1S/C34H36F2N8O/c1-5-7-8-30(38)28(32(39-4)40-6-2)15-13-23-9-11-24(12-10-23)20-41-33-31(44-27(19-37)21-42-33)34(45)43-22(3)25-14-16-29(36)26(17-25)18-35/h6,8-17,21,39H,3,5,7,18,20,38H2,1-2,4H3,(H,41,42)(H,43,45)/b15-13+,30-8-,32-28+,40-6-. The number of allylic oxidation sites excluding steroid dienone is 2. The second kappa shape index (κ2) is 16.9. The number of alkyl halides is 1. The van der Waals surface area contributed by atoms with Crippen LogP contribution in [-0.2, 0) is 13.2 Å². The first kappa shape index (κ1) is 33.9. The minimum absolute atomic E-state index is 0.0568. The molecule has 0 atom stereocenters. The number of anilines is 1. The highest BCUT2D eigenvalue weighted by atomic mass is 19.1. The number of halogens is 2. The molecule has 0 radical (unpaired) electrons. The number of nitrogens with one attached hydrogen (secondary N) is 3. The summed E-state index contributed by atoms with van der Waals surface area (Å²) in [5.41, 5.74) is 9.69. The first-order chi connectivity index (χ1) is 21.7. The number of nitriles is 1. The van der Waals surface area contributed by atoms with Crippen LogP contribution in [0, 0.1) is 17.1 Å². The van der Waals surface area contributed by atoms with E-state index in [1.54, 1.807) is 13.3 Å². The predicted octanol–water partition coefficient (Wildman–Crippen LogP) is 6.15. The third-order valence-corrected chi connectivity index (χ3v) is 6.50. The van der Waals surface area contributed by atoms with E-state index in [0.29, 0.717) is 23.6 Å². The van der Waals surface area contributed by atoms with Gasteiger partial charge in [-0.1, -0.05) is 56.3 Å². The van der Waals surface area contributed by atoms with E-state index in [4.69, 9.17) is 5.73 Å². The van der Waals surface area contributed by atoms with Crippen molar-refractivity contribution in [3.8, 4) is 6.07 Å². The molecule has 0 bridgehead atoms. The van der Waals surface area contributed by atoms with Crippen molar-refractivity contribution < 1.29 is 13.6 Å². The van der Waals surface area contributed by atoms with E-state index >= 15 is 0 Å². The molecular formula is C34H36F2N8O. The summed E-state index contributed by atoms with van der Waals surface area (Å²) in [4.78, 5) is 25.9. The minimum Gasteiger partial charge on any atom is -0.398 e. The van der Waals surface area contributed by atoms with Gasteiger partial charge >= 0.3 is 0 Å². The van der Waals surface area contributed by atoms with Gasteiger partial charge in [-0.25, -0.2) is 23.7 Å². The Labute approximate surface area is 262 Å². The lowest BCUT2D eigenvalue weighted by atomic mass is 10.1. The molecule has 3 rings (SSSR count). The third kappa shape index (κ3) is 9.43. The van der Waals surface area contributed by atoms with E-state index < -0.39 is 18.4 Å². The second-order valence-electron chi connectivity index (χ2n) is 9.71. The van der Waals surface area contributed by atoms with Gasteiger partial charge in [-0.15, -0.1) is 0 Å². The molecule has 232 valence electrons. The number of benzene rings is 2. The molecule has 0 spiro atoms. The van der Waals surface area contributed by atoms with Gasteiger partial charge in [-0.05, 0) is 54.3 Å². The molecule has 0 aliphatic heterocycles. The molecule has 1 aromatic heterocycles. The van der Waals surface area contributed by atoms with Gasteiger partial charge < -0.3 is 21.7 Å². The first-order valence-electron chi connectivity index (χ1n) is 14.2. The number of rotatable bonds is 14. The smallest absolute Gasteiger partial charge is 0.278 e. The van der Waals surface area contributed by atoms with Crippen molar-refractivity contribution >= 4 is 29.7 Å². The van der Waals surface area contributed by atoms with E-state index in [2.05, 4.69) is 44.4 Å². The fourth-order valence-electron chi connectivity index (χ4n) is 4.10. The van der Waals surface area contributed by atoms with Crippen LogP contribution in [0.1, 0.15) is 65.1 Å². The average Bonchev–Trinajstić information content (AvgIpc) is 3.06. The Morgan fingerprint density at radius 3 is 2.62 bits per heavy atom. The number of unbranched alkanes of at least 4 members (excludes halogenated alkanes) is 1. The molecule has 1 heterocycles. The van der Waals surface area contributed by atoms with Gasteiger partial charge in [-0.2, -0.15) is 5.26 Å². The highest BCUT2D eigenvalue weighted by Gasteiger charge is 2.18. The molecule has 5 N–H and O–H groups in total. The summed E-state index contributed by atoms with van der Waals surface area (Å²) >= 11 is 0. The molecule has 0 aliphatic carbocycles. The zero-order chi connectivity index (χ0) is 32.8. The Balaban J connectivity index is 1.77. The number of amides is 1. The fourth-order valence-corrected chi connectivity index (χ4v) is 4.10. The number of hydrogen-bond acceptors (Lipinski definition) is 8. The zero-order valence-electron chi connectivity index (χ0n) is 25.5. The van der Waals surface area contributed by atoms with Crippen LogP contribution in [0.4, 0.5) is 14.6 Å². The Morgan fingerprint density at radius 1 is 1.22 bits per heavy atom. The van der Waals surface area contributed by atoms with E-state index in [-0.39, 0.29) is 28.5 Å². The van der Waals surface area contributed by atoms with Crippen LogP contribution in [0.5, 0.6) is 0 Å². The fraction of sp³-hybridized carbons (Fsp3) is 0.206. The topological polar surface area (TPSA) is 141 Å². The molecule has 9 nitrogen and oxygen atoms in total. The molecule has 1 amide bonds.